The molecular weight excluding hydrogens is 284 g/mol. The van der Waals surface area contributed by atoms with Gasteiger partial charge in [0.1, 0.15) is 5.82 Å². The minimum atomic E-state index is -0.278. The summed E-state index contributed by atoms with van der Waals surface area (Å²) in [6, 6.07) is 0. The molecule has 0 bridgehead atoms. The fourth-order valence-corrected chi connectivity index (χ4v) is 3.51. The number of aromatic amines is 2. The van der Waals surface area contributed by atoms with E-state index in [1.165, 1.54) is 5.56 Å². The van der Waals surface area contributed by atoms with Gasteiger partial charge in [0.25, 0.3) is 5.91 Å². The van der Waals surface area contributed by atoms with Gasteiger partial charge in [-0.3, -0.25) is 9.78 Å². The number of fused-ring (bicyclic) bond motifs is 1. The zero-order chi connectivity index (χ0) is 15.1. The van der Waals surface area contributed by atoms with Crippen LogP contribution in [-0.2, 0) is 12.8 Å². The van der Waals surface area contributed by atoms with Gasteiger partial charge in [-0.05, 0) is 37.7 Å². The van der Waals surface area contributed by atoms with Crippen molar-refractivity contribution >= 4 is 5.91 Å². The van der Waals surface area contributed by atoms with Gasteiger partial charge in [-0.1, -0.05) is 0 Å². The van der Waals surface area contributed by atoms with Crippen molar-refractivity contribution in [2.45, 2.75) is 38.0 Å². The zero-order valence-electron chi connectivity index (χ0n) is 12.2. The molecule has 2 aliphatic rings. The van der Waals surface area contributed by atoms with Gasteiger partial charge in [0.2, 0.25) is 0 Å². The third kappa shape index (κ3) is 2.17. The topological polar surface area (TPSA) is 95.0 Å². The van der Waals surface area contributed by atoms with E-state index in [4.69, 9.17) is 4.42 Å². The summed E-state index contributed by atoms with van der Waals surface area (Å²) in [6.07, 6.45) is 6.40. The first kappa shape index (κ1) is 13.4. The first-order chi connectivity index (χ1) is 10.7. The molecule has 7 heteroatoms. The molecular formula is C15H18N4O3. The quantitative estimate of drug-likeness (QED) is 0.871. The van der Waals surface area contributed by atoms with Gasteiger partial charge >= 0.3 is 5.69 Å². The molecule has 3 heterocycles. The van der Waals surface area contributed by atoms with Crippen molar-refractivity contribution in [2.75, 3.05) is 13.1 Å². The summed E-state index contributed by atoms with van der Waals surface area (Å²) < 4.78 is 5.51. The van der Waals surface area contributed by atoms with E-state index >= 15 is 0 Å². The molecule has 1 fully saturated rings. The molecule has 1 saturated heterocycles. The highest BCUT2D eigenvalue weighted by molar-refractivity contribution is 5.93. The lowest BCUT2D eigenvalue weighted by atomic mass is 9.96. The summed E-state index contributed by atoms with van der Waals surface area (Å²) in [5, 5.41) is 6.39. The molecule has 1 aliphatic heterocycles. The Balaban J connectivity index is 1.45. The maximum Gasteiger partial charge on any atom is 0.340 e. The number of rotatable bonds is 2. The molecule has 116 valence electrons. The standard InChI is InChI=1S/C15H18N4O3/c20-14(12-11-3-1-2-10(11)8-22-12)19-6-4-9(5-7-19)13-16-15(21)18-17-13/h8-9H,1-7H2,(H2,16,17,18,21). The van der Waals surface area contributed by atoms with Gasteiger partial charge in [-0.2, -0.15) is 5.10 Å². The van der Waals surface area contributed by atoms with E-state index < -0.39 is 0 Å². The average Bonchev–Trinajstić information content (AvgIpc) is 3.23. The van der Waals surface area contributed by atoms with E-state index in [2.05, 4.69) is 15.2 Å². The smallest absolute Gasteiger partial charge is 0.340 e. The fourth-order valence-electron chi connectivity index (χ4n) is 3.51. The van der Waals surface area contributed by atoms with E-state index in [0.29, 0.717) is 24.7 Å². The number of hydrogen-bond acceptors (Lipinski definition) is 4. The SMILES string of the molecule is O=C(c1occ2c1CCC2)N1CCC(c2n[nH]c(=O)[nH]2)CC1. The highest BCUT2D eigenvalue weighted by Gasteiger charge is 2.30. The number of carbonyl (C=O) groups is 1. The Morgan fingerprint density at radius 1 is 1.32 bits per heavy atom. The Bertz CT molecular complexity index is 749. The predicted octanol–water partition coefficient (Wildman–Crippen LogP) is 1.20. The Morgan fingerprint density at radius 3 is 2.86 bits per heavy atom. The lowest BCUT2D eigenvalue weighted by molar-refractivity contribution is 0.0677. The van der Waals surface area contributed by atoms with Crippen molar-refractivity contribution in [1.29, 1.82) is 0 Å². The van der Waals surface area contributed by atoms with Gasteiger partial charge in [0.15, 0.2) is 5.76 Å². The van der Waals surface area contributed by atoms with Crippen molar-refractivity contribution in [2.24, 2.45) is 0 Å². The molecule has 0 atom stereocenters. The molecule has 0 unspecified atom stereocenters. The second-order valence-electron chi connectivity index (χ2n) is 6.05. The molecule has 1 aliphatic carbocycles. The zero-order valence-corrected chi connectivity index (χ0v) is 12.2. The Morgan fingerprint density at radius 2 is 2.14 bits per heavy atom. The van der Waals surface area contributed by atoms with Crippen LogP contribution in [0.2, 0.25) is 0 Å². The predicted molar refractivity (Wildman–Crippen MR) is 77.8 cm³/mol. The van der Waals surface area contributed by atoms with E-state index in [-0.39, 0.29) is 17.5 Å². The maximum absolute atomic E-state index is 12.6. The van der Waals surface area contributed by atoms with Crippen molar-refractivity contribution in [3.63, 3.8) is 0 Å². The molecule has 2 aromatic heterocycles. The number of carbonyl (C=O) groups excluding carboxylic acids is 1. The minimum Gasteiger partial charge on any atom is -0.459 e. The maximum atomic E-state index is 12.6. The Hall–Kier alpha value is -2.31. The number of nitrogens with one attached hydrogen (secondary N) is 2. The van der Waals surface area contributed by atoms with Crippen LogP contribution < -0.4 is 5.69 Å². The Kier molecular flexibility index (Phi) is 3.13. The lowest BCUT2D eigenvalue weighted by Crippen LogP contribution is -2.38. The van der Waals surface area contributed by atoms with E-state index in [0.717, 1.165) is 37.7 Å². The van der Waals surface area contributed by atoms with Gasteiger partial charge in [0, 0.05) is 24.6 Å². The van der Waals surface area contributed by atoms with Crippen molar-refractivity contribution in [3.8, 4) is 0 Å². The number of amides is 1. The van der Waals surface area contributed by atoms with E-state index in [1.54, 1.807) is 6.26 Å². The summed E-state index contributed by atoms with van der Waals surface area (Å²) >= 11 is 0. The number of nitrogens with zero attached hydrogens (tertiary/aromatic N) is 2. The van der Waals surface area contributed by atoms with Crippen LogP contribution in [0.25, 0.3) is 0 Å². The number of aromatic nitrogens is 3. The second kappa shape index (κ2) is 5.15. The highest BCUT2D eigenvalue weighted by atomic mass is 16.3. The van der Waals surface area contributed by atoms with Crippen LogP contribution in [0.4, 0.5) is 0 Å². The number of furan rings is 1. The second-order valence-corrected chi connectivity index (χ2v) is 6.05. The van der Waals surface area contributed by atoms with Crippen molar-refractivity contribution in [1.82, 2.24) is 20.1 Å². The molecule has 0 spiro atoms. The minimum absolute atomic E-state index is 0.00267. The summed E-state index contributed by atoms with van der Waals surface area (Å²) in [5.41, 5.74) is 2.01. The van der Waals surface area contributed by atoms with Gasteiger partial charge < -0.3 is 9.32 Å². The van der Waals surface area contributed by atoms with Crippen molar-refractivity contribution < 1.29 is 9.21 Å². The van der Waals surface area contributed by atoms with Crippen LogP contribution in [0.5, 0.6) is 0 Å². The lowest BCUT2D eigenvalue weighted by Gasteiger charge is -2.30. The van der Waals surface area contributed by atoms with Crippen LogP contribution in [0.3, 0.4) is 0 Å². The van der Waals surface area contributed by atoms with Crippen LogP contribution >= 0.6 is 0 Å². The van der Waals surface area contributed by atoms with Gasteiger partial charge in [-0.15, -0.1) is 0 Å². The first-order valence-electron chi connectivity index (χ1n) is 7.75. The average molecular weight is 302 g/mol. The highest BCUT2D eigenvalue weighted by Crippen LogP contribution is 2.30. The molecule has 0 radical (unpaired) electrons. The number of aryl methyl sites for hydroxylation is 1. The number of H-pyrrole nitrogens is 2. The molecule has 7 nitrogen and oxygen atoms in total. The van der Waals surface area contributed by atoms with Crippen LogP contribution in [0.1, 0.15) is 52.7 Å². The third-order valence-electron chi connectivity index (χ3n) is 4.74. The van der Waals surface area contributed by atoms with Crippen LogP contribution in [0, 0.1) is 0 Å². The monoisotopic (exact) mass is 302 g/mol. The van der Waals surface area contributed by atoms with Crippen LogP contribution in [-0.4, -0.2) is 39.1 Å². The molecule has 4 rings (SSSR count). The Labute approximate surface area is 126 Å². The summed E-state index contributed by atoms with van der Waals surface area (Å²) in [4.78, 5) is 28.3. The largest absolute Gasteiger partial charge is 0.459 e. The molecule has 1 amide bonds. The summed E-state index contributed by atoms with van der Waals surface area (Å²) in [6.45, 7) is 1.32. The molecule has 0 aromatic carbocycles. The summed E-state index contributed by atoms with van der Waals surface area (Å²) in [5.74, 6) is 1.41. The van der Waals surface area contributed by atoms with E-state index in [9.17, 15) is 9.59 Å². The molecule has 2 N–H and O–H groups in total. The number of piperidine rings is 1. The van der Waals surface area contributed by atoms with Gasteiger partial charge in [0.05, 0.1) is 6.26 Å². The fraction of sp³-hybridized carbons (Fsp3) is 0.533. The molecule has 22 heavy (non-hydrogen) atoms. The third-order valence-corrected chi connectivity index (χ3v) is 4.74. The van der Waals surface area contributed by atoms with E-state index in [1.807, 2.05) is 4.90 Å². The molecule has 2 aromatic rings. The van der Waals surface area contributed by atoms with Gasteiger partial charge in [-0.25, -0.2) is 9.89 Å². The normalized spacial score (nSPS) is 18.6. The molecule has 0 saturated carbocycles. The number of likely N-dealkylation sites (tertiary alicyclic amines) is 1. The number of hydrogen-bond donors (Lipinski definition) is 2. The first-order valence-corrected chi connectivity index (χ1v) is 7.75. The van der Waals surface area contributed by atoms with Crippen LogP contribution in [0.15, 0.2) is 15.5 Å². The van der Waals surface area contributed by atoms with Crippen molar-refractivity contribution in [3.05, 3.63) is 39.5 Å². The summed E-state index contributed by atoms with van der Waals surface area (Å²) in [7, 11) is 0.